The van der Waals surface area contributed by atoms with Crippen molar-refractivity contribution in [2.24, 2.45) is 17.8 Å². The molecule has 18 heavy (non-hydrogen) atoms. The van der Waals surface area contributed by atoms with Gasteiger partial charge in [-0.3, -0.25) is 0 Å². The molecule has 0 aromatic carbocycles. The topological polar surface area (TPSA) is 21.3 Å². The van der Waals surface area contributed by atoms with Gasteiger partial charge in [0.1, 0.15) is 0 Å². The van der Waals surface area contributed by atoms with Crippen molar-refractivity contribution in [3.05, 3.63) is 0 Å². The molecule has 1 rings (SSSR count). The van der Waals surface area contributed by atoms with E-state index in [1.54, 1.807) is 7.11 Å². The van der Waals surface area contributed by atoms with E-state index in [2.05, 4.69) is 26.1 Å². The molecule has 1 N–H and O–H groups in total. The van der Waals surface area contributed by atoms with Gasteiger partial charge < -0.3 is 10.1 Å². The monoisotopic (exact) mass is 255 g/mol. The highest BCUT2D eigenvalue weighted by Gasteiger charge is 2.27. The van der Waals surface area contributed by atoms with E-state index in [0.717, 1.165) is 36.9 Å². The zero-order valence-corrected chi connectivity index (χ0v) is 12.9. The van der Waals surface area contributed by atoms with Crippen LogP contribution in [0.1, 0.15) is 59.3 Å². The Morgan fingerprint density at radius 3 is 2.22 bits per heavy atom. The predicted octanol–water partition coefficient (Wildman–Crippen LogP) is 3.85. The van der Waals surface area contributed by atoms with E-state index < -0.39 is 0 Å². The van der Waals surface area contributed by atoms with E-state index >= 15 is 0 Å². The Balaban J connectivity index is 2.34. The quantitative estimate of drug-likeness (QED) is 0.665. The fourth-order valence-electron chi connectivity index (χ4n) is 3.43. The second kappa shape index (κ2) is 8.92. The molecule has 0 aromatic rings. The third-order valence-electron chi connectivity index (χ3n) is 4.66. The Morgan fingerprint density at radius 1 is 1.11 bits per heavy atom. The van der Waals surface area contributed by atoms with Crippen molar-refractivity contribution in [1.82, 2.24) is 5.32 Å². The van der Waals surface area contributed by atoms with Gasteiger partial charge in [0.05, 0.1) is 0 Å². The molecule has 1 saturated carbocycles. The molecule has 0 radical (unpaired) electrons. The van der Waals surface area contributed by atoms with Crippen molar-refractivity contribution >= 4 is 0 Å². The average Bonchev–Trinajstić information content (AvgIpc) is 2.38. The van der Waals surface area contributed by atoms with Gasteiger partial charge in [0.15, 0.2) is 0 Å². The van der Waals surface area contributed by atoms with Crippen LogP contribution in [0.5, 0.6) is 0 Å². The van der Waals surface area contributed by atoms with Crippen LogP contribution in [0.2, 0.25) is 0 Å². The summed E-state index contributed by atoms with van der Waals surface area (Å²) in [5.41, 5.74) is 0. The lowest BCUT2D eigenvalue weighted by Crippen LogP contribution is -2.38. The second-order valence-corrected chi connectivity index (χ2v) is 6.22. The van der Waals surface area contributed by atoms with Gasteiger partial charge in [-0.1, -0.05) is 20.8 Å². The summed E-state index contributed by atoms with van der Waals surface area (Å²) >= 11 is 0. The fraction of sp³-hybridized carbons (Fsp3) is 1.00. The van der Waals surface area contributed by atoms with Crippen LogP contribution in [-0.4, -0.2) is 26.3 Å². The smallest absolute Gasteiger partial charge is 0.0462 e. The third kappa shape index (κ3) is 5.27. The molecule has 1 aliphatic carbocycles. The Morgan fingerprint density at radius 2 is 1.72 bits per heavy atom. The standard InChI is InChI=1S/C16H33NO/c1-5-17-16(7-6-12-18-4)15-10-8-14(9-11-15)13(2)3/h13-17H,5-12H2,1-4H3. The van der Waals surface area contributed by atoms with Crippen molar-refractivity contribution in [3.8, 4) is 0 Å². The summed E-state index contributed by atoms with van der Waals surface area (Å²) in [7, 11) is 1.80. The van der Waals surface area contributed by atoms with Gasteiger partial charge in [0, 0.05) is 19.8 Å². The van der Waals surface area contributed by atoms with Crippen LogP contribution < -0.4 is 5.32 Å². The molecule has 0 bridgehead atoms. The maximum Gasteiger partial charge on any atom is 0.0462 e. The molecule has 0 saturated heterocycles. The second-order valence-electron chi connectivity index (χ2n) is 6.22. The Bertz CT molecular complexity index is 197. The number of rotatable bonds is 8. The van der Waals surface area contributed by atoms with Gasteiger partial charge in [0.2, 0.25) is 0 Å². The lowest BCUT2D eigenvalue weighted by atomic mass is 9.74. The summed E-state index contributed by atoms with van der Waals surface area (Å²) in [4.78, 5) is 0. The van der Waals surface area contributed by atoms with E-state index in [-0.39, 0.29) is 0 Å². The van der Waals surface area contributed by atoms with Crippen molar-refractivity contribution in [3.63, 3.8) is 0 Å². The summed E-state index contributed by atoms with van der Waals surface area (Å²) in [6.45, 7) is 8.99. The zero-order valence-electron chi connectivity index (χ0n) is 12.9. The molecule has 2 nitrogen and oxygen atoms in total. The number of ether oxygens (including phenoxy) is 1. The first kappa shape index (κ1) is 16.0. The highest BCUT2D eigenvalue weighted by molar-refractivity contribution is 4.82. The van der Waals surface area contributed by atoms with Crippen molar-refractivity contribution in [1.29, 1.82) is 0 Å². The predicted molar refractivity (Wildman–Crippen MR) is 78.9 cm³/mol. The van der Waals surface area contributed by atoms with Crippen LogP contribution in [0.15, 0.2) is 0 Å². The van der Waals surface area contributed by atoms with Gasteiger partial charge in [-0.25, -0.2) is 0 Å². The SMILES string of the molecule is CCNC(CCCOC)C1CCC(C(C)C)CC1. The summed E-state index contributed by atoms with van der Waals surface area (Å²) in [5, 5.41) is 3.70. The van der Waals surface area contributed by atoms with Crippen molar-refractivity contribution < 1.29 is 4.74 Å². The van der Waals surface area contributed by atoms with E-state index in [9.17, 15) is 0 Å². The fourth-order valence-corrected chi connectivity index (χ4v) is 3.43. The minimum atomic E-state index is 0.721. The van der Waals surface area contributed by atoms with Crippen LogP contribution in [0, 0.1) is 17.8 Å². The molecular weight excluding hydrogens is 222 g/mol. The van der Waals surface area contributed by atoms with Crippen LogP contribution >= 0.6 is 0 Å². The van der Waals surface area contributed by atoms with Gasteiger partial charge >= 0.3 is 0 Å². The largest absolute Gasteiger partial charge is 0.385 e. The number of nitrogens with one attached hydrogen (secondary N) is 1. The lowest BCUT2D eigenvalue weighted by Gasteiger charge is -2.36. The molecule has 1 unspecified atom stereocenters. The zero-order chi connectivity index (χ0) is 13.4. The first-order valence-corrected chi connectivity index (χ1v) is 7.91. The molecule has 0 spiro atoms. The van der Waals surface area contributed by atoms with Crippen LogP contribution in [0.25, 0.3) is 0 Å². The minimum Gasteiger partial charge on any atom is -0.385 e. The first-order chi connectivity index (χ1) is 8.69. The summed E-state index contributed by atoms with van der Waals surface area (Å²) in [5.74, 6) is 2.75. The molecule has 1 atom stereocenters. The maximum atomic E-state index is 5.18. The van der Waals surface area contributed by atoms with E-state index in [0.29, 0.717) is 0 Å². The van der Waals surface area contributed by atoms with E-state index in [1.165, 1.54) is 38.5 Å². The Kier molecular flexibility index (Phi) is 7.92. The molecule has 108 valence electrons. The molecule has 0 amide bonds. The van der Waals surface area contributed by atoms with Gasteiger partial charge in [-0.2, -0.15) is 0 Å². The van der Waals surface area contributed by atoms with Gasteiger partial charge in [-0.05, 0) is 62.8 Å². The summed E-state index contributed by atoms with van der Waals surface area (Å²) in [6, 6.07) is 0.721. The van der Waals surface area contributed by atoms with Crippen LogP contribution in [0.3, 0.4) is 0 Å². The van der Waals surface area contributed by atoms with Crippen molar-refractivity contribution in [2.75, 3.05) is 20.3 Å². The van der Waals surface area contributed by atoms with Crippen LogP contribution in [-0.2, 0) is 4.74 Å². The molecule has 2 heteroatoms. The van der Waals surface area contributed by atoms with E-state index in [1.807, 2.05) is 0 Å². The summed E-state index contributed by atoms with van der Waals surface area (Å²) < 4.78 is 5.18. The number of methoxy groups -OCH3 is 1. The summed E-state index contributed by atoms with van der Waals surface area (Å²) in [6.07, 6.45) is 8.20. The average molecular weight is 255 g/mol. The Hall–Kier alpha value is -0.0800. The van der Waals surface area contributed by atoms with E-state index in [4.69, 9.17) is 4.74 Å². The highest BCUT2D eigenvalue weighted by Crippen LogP contribution is 2.35. The number of hydrogen-bond donors (Lipinski definition) is 1. The van der Waals surface area contributed by atoms with Gasteiger partial charge in [-0.15, -0.1) is 0 Å². The molecule has 1 aliphatic rings. The maximum absolute atomic E-state index is 5.18. The normalized spacial score (nSPS) is 26.5. The van der Waals surface area contributed by atoms with Crippen LogP contribution in [0.4, 0.5) is 0 Å². The van der Waals surface area contributed by atoms with Gasteiger partial charge in [0.25, 0.3) is 0 Å². The highest BCUT2D eigenvalue weighted by atomic mass is 16.5. The molecule has 0 aromatic heterocycles. The lowest BCUT2D eigenvalue weighted by molar-refractivity contribution is 0.161. The molecule has 0 aliphatic heterocycles. The first-order valence-electron chi connectivity index (χ1n) is 7.91. The number of hydrogen-bond acceptors (Lipinski definition) is 2. The van der Waals surface area contributed by atoms with Crippen molar-refractivity contribution in [2.45, 2.75) is 65.3 Å². The molecule has 1 fully saturated rings. The minimum absolute atomic E-state index is 0.721. The molecular formula is C16H33NO. The third-order valence-corrected chi connectivity index (χ3v) is 4.66. The molecule has 0 heterocycles. The Labute approximate surface area is 114 Å².